The van der Waals surface area contributed by atoms with Crippen molar-refractivity contribution in [2.24, 2.45) is 0 Å². The van der Waals surface area contributed by atoms with Gasteiger partial charge in [0.2, 0.25) is 5.88 Å². The molecule has 0 saturated heterocycles. The van der Waals surface area contributed by atoms with Crippen molar-refractivity contribution in [1.29, 1.82) is 5.26 Å². The van der Waals surface area contributed by atoms with E-state index in [2.05, 4.69) is 33.6 Å². The molecule has 1 aliphatic carbocycles. The second-order valence-corrected chi connectivity index (χ2v) is 4.58. The molecule has 2 rings (SSSR count). The Morgan fingerprint density at radius 1 is 1.53 bits per heavy atom. The maximum Gasteiger partial charge on any atom is 0.231 e. The highest BCUT2D eigenvalue weighted by Gasteiger charge is 2.27. The third-order valence-electron chi connectivity index (χ3n) is 2.88. The van der Waals surface area contributed by atoms with E-state index in [1.165, 1.54) is 7.11 Å². The quantitative estimate of drug-likeness (QED) is 0.612. The number of ether oxygens (including phenoxy) is 1. The standard InChI is InChI=1S/C12H11IN2O2/c1-17-12-8(6-14)7-3-2-4-10(16)11(7)9(5-13)15-12/h2-5H2,1H3. The van der Waals surface area contributed by atoms with E-state index in [0.717, 1.165) is 24.1 Å². The number of Topliss-reactive ketones (excluding diaryl/α,β-unsaturated/α-hetero) is 1. The van der Waals surface area contributed by atoms with Crippen molar-refractivity contribution in [3.63, 3.8) is 0 Å². The highest BCUT2D eigenvalue weighted by atomic mass is 127. The van der Waals surface area contributed by atoms with E-state index in [9.17, 15) is 10.1 Å². The molecule has 4 nitrogen and oxygen atoms in total. The van der Waals surface area contributed by atoms with E-state index in [1.807, 2.05) is 0 Å². The van der Waals surface area contributed by atoms with Gasteiger partial charge in [-0.2, -0.15) is 5.26 Å². The highest BCUT2D eigenvalue weighted by molar-refractivity contribution is 14.1. The molecule has 0 bridgehead atoms. The smallest absolute Gasteiger partial charge is 0.231 e. The molecule has 1 heterocycles. The number of fused-ring (bicyclic) bond motifs is 1. The molecule has 17 heavy (non-hydrogen) atoms. The van der Waals surface area contributed by atoms with Crippen LogP contribution < -0.4 is 4.74 Å². The summed E-state index contributed by atoms with van der Waals surface area (Å²) >= 11 is 2.17. The predicted molar refractivity (Wildman–Crippen MR) is 70.5 cm³/mol. The Balaban J connectivity index is 2.75. The molecule has 0 atom stereocenters. The number of methoxy groups -OCH3 is 1. The van der Waals surface area contributed by atoms with E-state index in [4.69, 9.17) is 4.74 Å². The van der Waals surface area contributed by atoms with Crippen LogP contribution in [0, 0.1) is 11.3 Å². The fraction of sp³-hybridized carbons (Fsp3) is 0.417. The monoisotopic (exact) mass is 342 g/mol. The Morgan fingerprint density at radius 3 is 2.88 bits per heavy atom. The summed E-state index contributed by atoms with van der Waals surface area (Å²) in [5.41, 5.74) is 2.63. The maximum atomic E-state index is 11.9. The average Bonchev–Trinajstić information content (AvgIpc) is 2.36. The highest BCUT2D eigenvalue weighted by Crippen LogP contribution is 2.32. The van der Waals surface area contributed by atoms with Crippen molar-refractivity contribution >= 4 is 28.4 Å². The summed E-state index contributed by atoms with van der Waals surface area (Å²) in [6, 6.07) is 2.10. The Labute approximate surface area is 113 Å². The van der Waals surface area contributed by atoms with Gasteiger partial charge in [0.15, 0.2) is 5.78 Å². The number of rotatable bonds is 2. The van der Waals surface area contributed by atoms with Gasteiger partial charge < -0.3 is 4.74 Å². The Morgan fingerprint density at radius 2 is 2.29 bits per heavy atom. The van der Waals surface area contributed by atoms with Gasteiger partial charge in [-0.05, 0) is 18.4 Å². The first kappa shape index (κ1) is 12.3. The molecule has 0 N–H and O–H groups in total. The molecule has 0 unspecified atom stereocenters. The summed E-state index contributed by atoms with van der Waals surface area (Å²) in [7, 11) is 1.50. The van der Waals surface area contributed by atoms with Crippen LogP contribution in [0.4, 0.5) is 0 Å². The number of carbonyl (C=O) groups excluding carboxylic acids is 1. The number of nitrogens with zero attached hydrogens (tertiary/aromatic N) is 2. The van der Waals surface area contributed by atoms with Gasteiger partial charge >= 0.3 is 0 Å². The van der Waals surface area contributed by atoms with Gasteiger partial charge in [-0.1, -0.05) is 22.6 Å². The van der Waals surface area contributed by atoms with Crippen LogP contribution in [0.1, 0.15) is 40.0 Å². The number of carbonyl (C=O) groups is 1. The van der Waals surface area contributed by atoms with E-state index in [1.54, 1.807) is 0 Å². The summed E-state index contributed by atoms with van der Waals surface area (Å²) in [4.78, 5) is 16.2. The van der Waals surface area contributed by atoms with Crippen LogP contribution in [-0.4, -0.2) is 17.9 Å². The molecule has 0 fully saturated rings. The van der Waals surface area contributed by atoms with Gasteiger partial charge in [0.05, 0.1) is 12.8 Å². The fourth-order valence-electron chi connectivity index (χ4n) is 2.15. The molecule has 0 radical (unpaired) electrons. The number of pyridine rings is 1. The summed E-state index contributed by atoms with van der Waals surface area (Å²) < 4.78 is 5.78. The molecule has 0 aliphatic heterocycles. The molecule has 0 aromatic carbocycles. The maximum absolute atomic E-state index is 11.9. The largest absolute Gasteiger partial charge is 0.480 e. The van der Waals surface area contributed by atoms with Crippen LogP contribution >= 0.6 is 22.6 Å². The first-order chi connectivity index (χ1) is 8.22. The van der Waals surface area contributed by atoms with Crippen LogP contribution in [-0.2, 0) is 10.8 Å². The first-order valence-electron chi connectivity index (χ1n) is 5.32. The zero-order chi connectivity index (χ0) is 12.4. The molecular weight excluding hydrogens is 331 g/mol. The number of nitriles is 1. The lowest BCUT2D eigenvalue weighted by Gasteiger charge is -2.19. The number of alkyl halides is 1. The van der Waals surface area contributed by atoms with Crippen LogP contribution in [0.5, 0.6) is 5.88 Å². The van der Waals surface area contributed by atoms with Crippen molar-refractivity contribution < 1.29 is 9.53 Å². The first-order valence-corrected chi connectivity index (χ1v) is 6.84. The SMILES string of the molecule is COc1nc(CI)c2c(c1C#N)CCCC2=O. The van der Waals surface area contributed by atoms with Crippen molar-refractivity contribution in [3.8, 4) is 11.9 Å². The second kappa shape index (κ2) is 5.00. The molecule has 1 aromatic rings. The molecule has 1 aliphatic rings. The van der Waals surface area contributed by atoms with Crippen LogP contribution in [0.25, 0.3) is 0 Å². The van der Waals surface area contributed by atoms with E-state index < -0.39 is 0 Å². The summed E-state index contributed by atoms with van der Waals surface area (Å²) in [6.45, 7) is 0. The van der Waals surface area contributed by atoms with Crippen LogP contribution in [0.15, 0.2) is 0 Å². The molecular formula is C12H11IN2O2. The lowest BCUT2D eigenvalue weighted by molar-refractivity contribution is 0.0971. The lowest BCUT2D eigenvalue weighted by Crippen LogP contribution is -2.17. The predicted octanol–water partition coefficient (Wildman–Crippen LogP) is 2.42. The Bertz CT molecular complexity index is 520. The van der Waals surface area contributed by atoms with E-state index in [-0.39, 0.29) is 5.78 Å². The van der Waals surface area contributed by atoms with Crippen molar-refractivity contribution in [2.75, 3.05) is 7.11 Å². The van der Waals surface area contributed by atoms with E-state index >= 15 is 0 Å². The average molecular weight is 342 g/mol. The minimum Gasteiger partial charge on any atom is -0.480 e. The number of hydrogen-bond donors (Lipinski definition) is 0. The van der Waals surface area contributed by atoms with Crippen molar-refractivity contribution in [1.82, 2.24) is 4.98 Å². The van der Waals surface area contributed by atoms with Gasteiger partial charge in [0.1, 0.15) is 11.6 Å². The van der Waals surface area contributed by atoms with Gasteiger partial charge in [0.25, 0.3) is 0 Å². The zero-order valence-electron chi connectivity index (χ0n) is 9.42. The van der Waals surface area contributed by atoms with Gasteiger partial charge in [-0.3, -0.25) is 4.79 Å². The molecule has 0 saturated carbocycles. The van der Waals surface area contributed by atoms with Gasteiger partial charge in [-0.15, -0.1) is 0 Å². The number of hydrogen-bond acceptors (Lipinski definition) is 4. The lowest BCUT2D eigenvalue weighted by atomic mass is 9.87. The minimum absolute atomic E-state index is 0.101. The van der Waals surface area contributed by atoms with Crippen molar-refractivity contribution in [3.05, 3.63) is 22.4 Å². The number of aromatic nitrogens is 1. The topological polar surface area (TPSA) is 63.0 Å². The molecule has 5 heteroatoms. The molecule has 88 valence electrons. The fourth-order valence-corrected chi connectivity index (χ4v) is 2.70. The van der Waals surface area contributed by atoms with Gasteiger partial charge in [-0.25, -0.2) is 4.98 Å². The number of halogens is 1. The van der Waals surface area contributed by atoms with Crippen LogP contribution in [0.2, 0.25) is 0 Å². The third kappa shape index (κ3) is 2.02. The normalized spacial score (nSPS) is 14.1. The summed E-state index contributed by atoms with van der Waals surface area (Å²) in [6.07, 6.45) is 2.11. The molecule has 0 amide bonds. The van der Waals surface area contributed by atoms with Crippen LogP contribution in [0.3, 0.4) is 0 Å². The summed E-state index contributed by atoms with van der Waals surface area (Å²) in [5, 5.41) is 9.17. The summed E-state index contributed by atoms with van der Waals surface area (Å²) in [5.74, 6) is 0.442. The third-order valence-corrected chi connectivity index (χ3v) is 3.61. The molecule has 1 aromatic heterocycles. The Kier molecular flexibility index (Phi) is 3.62. The zero-order valence-corrected chi connectivity index (χ0v) is 11.6. The molecule has 0 spiro atoms. The Hall–Kier alpha value is -1.16. The second-order valence-electron chi connectivity index (χ2n) is 3.82. The van der Waals surface area contributed by atoms with Crippen molar-refractivity contribution in [2.45, 2.75) is 23.7 Å². The minimum atomic E-state index is 0.101. The number of ketones is 1. The van der Waals surface area contributed by atoms with Gasteiger partial charge in [0, 0.05) is 16.4 Å². The van der Waals surface area contributed by atoms with E-state index in [0.29, 0.717) is 27.9 Å².